The molecule has 1 heterocycles. The Bertz CT molecular complexity index is 837. The molecule has 1 amide bonds. The lowest BCUT2D eigenvalue weighted by Crippen LogP contribution is -2.12. The maximum atomic E-state index is 11.6. The summed E-state index contributed by atoms with van der Waals surface area (Å²) in [5.74, 6) is -0.675. The van der Waals surface area contributed by atoms with Gasteiger partial charge in [-0.05, 0) is 23.6 Å². The van der Waals surface area contributed by atoms with Crippen molar-refractivity contribution in [3.05, 3.63) is 64.2 Å². The molecule has 3 aromatic rings. The first-order valence-corrected chi connectivity index (χ1v) is 6.95. The van der Waals surface area contributed by atoms with Crippen molar-refractivity contribution in [2.75, 3.05) is 0 Å². The highest BCUT2D eigenvalue weighted by molar-refractivity contribution is 7.22. The van der Waals surface area contributed by atoms with E-state index >= 15 is 0 Å². The summed E-state index contributed by atoms with van der Waals surface area (Å²) in [4.78, 5) is 22.7. The van der Waals surface area contributed by atoms with Gasteiger partial charge in [0, 0.05) is 27.3 Å². The van der Waals surface area contributed by atoms with Crippen LogP contribution >= 0.6 is 11.3 Å². The Morgan fingerprint density at radius 2 is 1.90 bits per heavy atom. The van der Waals surface area contributed by atoms with Gasteiger partial charge in [-0.15, -0.1) is 11.3 Å². The van der Waals surface area contributed by atoms with Crippen LogP contribution in [0.4, 0.5) is 5.69 Å². The fraction of sp³-hybridized carbons (Fsp3) is 0. The Kier molecular flexibility index (Phi) is 3.15. The van der Waals surface area contributed by atoms with Crippen LogP contribution in [0.25, 0.3) is 20.5 Å². The number of amides is 1. The standard InChI is InChI=1S/C15H10N2O3S/c16-15(18)12-8-10(17(19)20)5-6-11(12)14-7-9-3-1-2-4-13(9)21-14/h1-8H,(H2,16,18). The van der Waals surface area contributed by atoms with Crippen LogP contribution in [0.1, 0.15) is 10.4 Å². The second kappa shape index (κ2) is 4.99. The summed E-state index contributed by atoms with van der Waals surface area (Å²) in [7, 11) is 0. The number of nitrogens with two attached hydrogens (primary N) is 1. The van der Waals surface area contributed by atoms with Gasteiger partial charge < -0.3 is 5.73 Å². The maximum absolute atomic E-state index is 11.6. The molecule has 0 aliphatic rings. The number of fused-ring (bicyclic) bond motifs is 1. The maximum Gasteiger partial charge on any atom is 0.270 e. The number of nitrogens with zero attached hydrogens (tertiary/aromatic N) is 1. The molecule has 0 unspecified atom stereocenters. The van der Waals surface area contributed by atoms with Crippen LogP contribution in [0.3, 0.4) is 0 Å². The van der Waals surface area contributed by atoms with E-state index in [4.69, 9.17) is 5.73 Å². The van der Waals surface area contributed by atoms with Gasteiger partial charge in [0.2, 0.25) is 5.91 Å². The quantitative estimate of drug-likeness (QED) is 0.592. The van der Waals surface area contributed by atoms with E-state index in [1.807, 2.05) is 30.3 Å². The largest absolute Gasteiger partial charge is 0.366 e. The molecule has 0 saturated heterocycles. The number of benzene rings is 2. The van der Waals surface area contributed by atoms with Crippen LogP contribution < -0.4 is 5.73 Å². The number of non-ortho nitro benzene ring substituents is 1. The van der Waals surface area contributed by atoms with Gasteiger partial charge in [0.1, 0.15) is 0 Å². The highest BCUT2D eigenvalue weighted by Gasteiger charge is 2.17. The smallest absolute Gasteiger partial charge is 0.270 e. The molecule has 0 saturated carbocycles. The van der Waals surface area contributed by atoms with E-state index in [0.29, 0.717) is 5.56 Å². The van der Waals surface area contributed by atoms with E-state index in [-0.39, 0.29) is 11.3 Å². The zero-order chi connectivity index (χ0) is 15.0. The molecule has 6 heteroatoms. The molecule has 0 spiro atoms. The number of nitro groups is 1. The van der Waals surface area contributed by atoms with Gasteiger partial charge >= 0.3 is 0 Å². The summed E-state index contributed by atoms with van der Waals surface area (Å²) in [6.45, 7) is 0. The molecule has 1 aromatic heterocycles. The van der Waals surface area contributed by atoms with Crippen molar-refractivity contribution in [1.82, 2.24) is 0 Å². The minimum absolute atomic E-state index is 0.145. The van der Waals surface area contributed by atoms with Gasteiger partial charge in [-0.1, -0.05) is 18.2 Å². The summed E-state index contributed by atoms with van der Waals surface area (Å²) >= 11 is 1.52. The Balaban J connectivity index is 2.21. The van der Waals surface area contributed by atoms with Crippen molar-refractivity contribution in [1.29, 1.82) is 0 Å². The molecule has 2 aromatic carbocycles. The molecule has 3 rings (SSSR count). The van der Waals surface area contributed by atoms with Gasteiger partial charge in [-0.2, -0.15) is 0 Å². The number of thiophene rings is 1. The number of carbonyl (C=O) groups excluding carboxylic acids is 1. The molecule has 0 radical (unpaired) electrons. The second-order valence-corrected chi connectivity index (χ2v) is 5.58. The highest BCUT2D eigenvalue weighted by atomic mass is 32.1. The third-order valence-corrected chi connectivity index (χ3v) is 4.32. The molecule has 21 heavy (non-hydrogen) atoms. The van der Waals surface area contributed by atoms with Crippen molar-refractivity contribution in [3.8, 4) is 10.4 Å². The number of hydrogen-bond acceptors (Lipinski definition) is 4. The van der Waals surface area contributed by atoms with Crippen molar-refractivity contribution in [3.63, 3.8) is 0 Å². The molecule has 2 N–H and O–H groups in total. The van der Waals surface area contributed by atoms with Crippen LogP contribution in [-0.2, 0) is 0 Å². The zero-order valence-electron chi connectivity index (χ0n) is 10.8. The van der Waals surface area contributed by atoms with Crippen LogP contribution in [0.5, 0.6) is 0 Å². The fourth-order valence-corrected chi connectivity index (χ4v) is 3.28. The number of carbonyl (C=O) groups is 1. The van der Waals surface area contributed by atoms with E-state index in [1.165, 1.54) is 23.5 Å². The topological polar surface area (TPSA) is 86.2 Å². The highest BCUT2D eigenvalue weighted by Crippen LogP contribution is 2.36. The van der Waals surface area contributed by atoms with E-state index < -0.39 is 10.8 Å². The average molecular weight is 298 g/mol. The Morgan fingerprint density at radius 1 is 1.14 bits per heavy atom. The molecular formula is C15H10N2O3S. The van der Waals surface area contributed by atoms with Crippen LogP contribution in [0.15, 0.2) is 48.5 Å². The lowest BCUT2D eigenvalue weighted by Gasteiger charge is -2.04. The van der Waals surface area contributed by atoms with Gasteiger partial charge in [0.25, 0.3) is 5.69 Å². The first kappa shape index (κ1) is 13.3. The summed E-state index contributed by atoms with van der Waals surface area (Å²) < 4.78 is 1.08. The van der Waals surface area contributed by atoms with Crippen LogP contribution in [-0.4, -0.2) is 10.8 Å². The normalized spacial score (nSPS) is 10.7. The molecule has 0 fully saturated rings. The monoisotopic (exact) mass is 298 g/mol. The molecule has 0 atom stereocenters. The minimum Gasteiger partial charge on any atom is -0.366 e. The van der Waals surface area contributed by atoms with E-state index in [9.17, 15) is 14.9 Å². The predicted octanol–water partition coefficient (Wildman–Crippen LogP) is 3.58. The predicted molar refractivity (Wildman–Crippen MR) is 82.4 cm³/mol. The van der Waals surface area contributed by atoms with Gasteiger partial charge in [-0.3, -0.25) is 14.9 Å². The Labute approximate surface area is 123 Å². The lowest BCUT2D eigenvalue weighted by atomic mass is 10.0. The number of rotatable bonds is 3. The molecular weight excluding hydrogens is 288 g/mol. The molecule has 0 bridgehead atoms. The average Bonchev–Trinajstić information content (AvgIpc) is 2.90. The third kappa shape index (κ3) is 2.36. The second-order valence-electron chi connectivity index (χ2n) is 4.50. The Morgan fingerprint density at radius 3 is 2.57 bits per heavy atom. The SMILES string of the molecule is NC(=O)c1cc([N+](=O)[O-])ccc1-c1cc2ccccc2s1. The molecule has 0 aliphatic heterocycles. The van der Waals surface area contributed by atoms with E-state index in [1.54, 1.807) is 6.07 Å². The number of nitro benzene ring substituents is 1. The summed E-state index contributed by atoms with van der Waals surface area (Å²) in [6.07, 6.45) is 0. The summed E-state index contributed by atoms with van der Waals surface area (Å²) in [5, 5.41) is 11.9. The van der Waals surface area contributed by atoms with Crippen molar-refractivity contribution in [2.45, 2.75) is 0 Å². The van der Waals surface area contributed by atoms with Crippen LogP contribution in [0.2, 0.25) is 0 Å². The van der Waals surface area contributed by atoms with Gasteiger partial charge in [0.15, 0.2) is 0 Å². The molecule has 104 valence electrons. The zero-order valence-corrected chi connectivity index (χ0v) is 11.6. The van der Waals surface area contributed by atoms with Crippen molar-refractivity contribution >= 4 is 33.0 Å². The third-order valence-electron chi connectivity index (χ3n) is 3.17. The fourth-order valence-electron chi connectivity index (χ4n) is 2.18. The van der Waals surface area contributed by atoms with Crippen molar-refractivity contribution in [2.24, 2.45) is 5.73 Å². The molecule has 5 nitrogen and oxygen atoms in total. The van der Waals surface area contributed by atoms with Gasteiger partial charge in [-0.25, -0.2) is 0 Å². The van der Waals surface area contributed by atoms with Crippen LogP contribution in [0, 0.1) is 10.1 Å². The summed E-state index contributed by atoms with van der Waals surface area (Å²) in [6, 6.07) is 14.0. The van der Waals surface area contributed by atoms with E-state index in [0.717, 1.165) is 15.0 Å². The summed E-state index contributed by atoms with van der Waals surface area (Å²) in [5.41, 5.74) is 6.00. The molecule has 0 aliphatic carbocycles. The Hall–Kier alpha value is -2.73. The number of primary amides is 1. The van der Waals surface area contributed by atoms with E-state index in [2.05, 4.69) is 0 Å². The van der Waals surface area contributed by atoms with Crippen molar-refractivity contribution < 1.29 is 9.72 Å². The first-order chi connectivity index (χ1) is 10.1. The van der Waals surface area contributed by atoms with Gasteiger partial charge in [0.05, 0.1) is 10.5 Å². The minimum atomic E-state index is -0.675. The number of hydrogen-bond donors (Lipinski definition) is 1. The lowest BCUT2D eigenvalue weighted by molar-refractivity contribution is -0.384. The first-order valence-electron chi connectivity index (χ1n) is 6.13.